The molecule has 1 atom stereocenters. The highest BCUT2D eigenvalue weighted by Crippen LogP contribution is 2.14. The largest absolute Gasteiger partial charge is 0.467 e. The molecule has 3 rings (SSSR count). The van der Waals surface area contributed by atoms with Gasteiger partial charge in [-0.3, -0.25) is 4.90 Å². The lowest BCUT2D eigenvalue weighted by molar-refractivity contribution is -0.146. The van der Waals surface area contributed by atoms with Crippen molar-refractivity contribution in [2.24, 2.45) is 0 Å². The van der Waals surface area contributed by atoms with Gasteiger partial charge in [-0.1, -0.05) is 91.0 Å². The van der Waals surface area contributed by atoms with Gasteiger partial charge in [-0.25, -0.2) is 19.2 Å². The molecule has 0 aliphatic rings. The summed E-state index contributed by atoms with van der Waals surface area (Å²) in [5.41, 5.74) is 2.50. The molecular formula is C33H39N3O8. The van der Waals surface area contributed by atoms with Crippen molar-refractivity contribution in [1.29, 1.82) is 0 Å². The van der Waals surface area contributed by atoms with E-state index in [1.54, 1.807) is 0 Å². The minimum absolute atomic E-state index is 0.0168. The zero-order chi connectivity index (χ0) is 31.4. The van der Waals surface area contributed by atoms with Crippen LogP contribution in [0.5, 0.6) is 0 Å². The summed E-state index contributed by atoms with van der Waals surface area (Å²) in [6.45, 7) is 0.776. The van der Waals surface area contributed by atoms with Crippen molar-refractivity contribution in [3.05, 3.63) is 108 Å². The van der Waals surface area contributed by atoms with Crippen molar-refractivity contribution in [1.82, 2.24) is 15.5 Å². The van der Waals surface area contributed by atoms with Gasteiger partial charge in [0.2, 0.25) is 0 Å². The van der Waals surface area contributed by atoms with Crippen LogP contribution in [-0.4, -0.2) is 61.9 Å². The van der Waals surface area contributed by atoms with Gasteiger partial charge in [-0.2, -0.15) is 0 Å². The quantitative estimate of drug-likeness (QED) is 0.130. The van der Waals surface area contributed by atoms with E-state index in [-0.39, 0.29) is 45.9 Å². The second kappa shape index (κ2) is 19.2. The van der Waals surface area contributed by atoms with Gasteiger partial charge in [0, 0.05) is 19.6 Å². The zero-order valence-corrected chi connectivity index (χ0v) is 24.8. The Kier molecular flexibility index (Phi) is 14.6. The van der Waals surface area contributed by atoms with E-state index in [2.05, 4.69) is 10.6 Å². The Hall–Kier alpha value is -5.06. The fraction of sp³-hybridized carbons (Fsp3) is 0.333. The number of nitrogens with one attached hydrogen (secondary N) is 2. The first-order valence-electron chi connectivity index (χ1n) is 14.4. The first kappa shape index (κ1) is 33.4. The third-order valence-electron chi connectivity index (χ3n) is 6.48. The molecule has 1 unspecified atom stereocenters. The van der Waals surface area contributed by atoms with Gasteiger partial charge in [0.15, 0.2) is 0 Å². The number of methoxy groups -OCH3 is 1. The minimum Gasteiger partial charge on any atom is -0.467 e. The van der Waals surface area contributed by atoms with E-state index in [0.29, 0.717) is 12.8 Å². The molecule has 234 valence electrons. The van der Waals surface area contributed by atoms with Crippen molar-refractivity contribution in [3.8, 4) is 0 Å². The summed E-state index contributed by atoms with van der Waals surface area (Å²) in [6, 6.07) is 26.8. The minimum atomic E-state index is -0.976. The van der Waals surface area contributed by atoms with E-state index >= 15 is 0 Å². The van der Waals surface area contributed by atoms with Crippen LogP contribution in [0.1, 0.15) is 36.0 Å². The number of hydrogen-bond acceptors (Lipinski definition) is 8. The smallest absolute Gasteiger partial charge is 0.410 e. The van der Waals surface area contributed by atoms with Crippen LogP contribution in [0.25, 0.3) is 0 Å². The molecule has 0 heterocycles. The van der Waals surface area contributed by atoms with E-state index in [1.165, 1.54) is 12.0 Å². The highest BCUT2D eigenvalue weighted by Gasteiger charge is 2.31. The summed E-state index contributed by atoms with van der Waals surface area (Å²) in [5.74, 6) is -0.622. The Morgan fingerprint density at radius 1 is 0.636 bits per heavy atom. The molecule has 3 aromatic carbocycles. The Labute approximate surface area is 257 Å². The highest BCUT2D eigenvalue weighted by atomic mass is 16.6. The second-order valence-electron chi connectivity index (χ2n) is 9.75. The molecule has 0 spiro atoms. The fourth-order valence-corrected chi connectivity index (χ4v) is 4.19. The lowest BCUT2D eigenvalue weighted by Crippen LogP contribution is -2.47. The van der Waals surface area contributed by atoms with Crippen molar-refractivity contribution in [3.63, 3.8) is 0 Å². The number of benzene rings is 3. The molecule has 0 bridgehead atoms. The number of amides is 3. The number of nitrogens with zero attached hydrogens (tertiary/aromatic N) is 1. The summed E-state index contributed by atoms with van der Waals surface area (Å²) >= 11 is 0. The standard InChI is InChI=1S/C33H39N3O8/c1-41-30(37)29(19-11-20-34-31(38)42-23-26-13-5-2-6-14-26)36(33(40)44-25-28-17-9-4-10-18-28)22-12-21-35-32(39)43-24-27-15-7-3-8-16-27/h2-10,13-18,29H,11-12,19-25H2,1H3,(H,34,38)(H,35,39). The normalized spacial score (nSPS) is 11.0. The van der Waals surface area contributed by atoms with E-state index in [4.69, 9.17) is 18.9 Å². The van der Waals surface area contributed by atoms with Crippen LogP contribution in [0, 0.1) is 0 Å². The van der Waals surface area contributed by atoms with Crippen molar-refractivity contribution >= 4 is 24.2 Å². The van der Waals surface area contributed by atoms with Gasteiger partial charge in [-0.15, -0.1) is 0 Å². The number of hydrogen-bond donors (Lipinski definition) is 2. The van der Waals surface area contributed by atoms with Gasteiger partial charge >= 0.3 is 24.2 Å². The van der Waals surface area contributed by atoms with Gasteiger partial charge < -0.3 is 29.6 Å². The van der Waals surface area contributed by atoms with Gasteiger partial charge in [-0.05, 0) is 36.0 Å². The number of alkyl carbamates (subject to hydrolysis) is 2. The van der Waals surface area contributed by atoms with Gasteiger partial charge in [0.05, 0.1) is 7.11 Å². The average molecular weight is 606 g/mol. The summed E-state index contributed by atoms with van der Waals surface area (Å²) in [4.78, 5) is 51.6. The van der Waals surface area contributed by atoms with E-state index in [0.717, 1.165) is 16.7 Å². The molecule has 11 nitrogen and oxygen atoms in total. The summed E-state index contributed by atoms with van der Waals surface area (Å²) in [7, 11) is 1.24. The molecule has 0 saturated heterocycles. The molecule has 44 heavy (non-hydrogen) atoms. The molecule has 0 aliphatic heterocycles. The molecule has 3 amide bonds. The maximum atomic E-state index is 13.2. The predicted molar refractivity (Wildman–Crippen MR) is 162 cm³/mol. The van der Waals surface area contributed by atoms with Crippen LogP contribution in [0.3, 0.4) is 0 Å². The van der Waals surface area contributed by atoms with Crippen molar-refractivity contribution < 1.29 is 38.1 Å². The third kappa shape index (κ3) is 12.4. The lowest BCUT2D eigenvalue weighted by atomic mass is 10.1. The van der Waals surface area contributed by atoms with E-state index in [9.17, 15) is 19.2 Å². The van der Waals surface area contributed by atoms with E-state index < -0.39 is 30.3 Å². The summed E-state index contributed by atoms with van der Waals surface area (Å²) in [5, 5.41) is 5.32. The monoisotopic (exact) mass is 605 g/mol. The predicted octanol–water partition coefficient (Wildman–Crippen LogP) is 5.19. The summed E-state index contributed by atoms with van der Waals surface area (Å²) < 4.78 is 21.0. The molecule has 0 aromatic heterocycles. The van der Waals surface area contributed by atoms with Crippen molar-refractivity contribution in [2.45, 2.75) is 45.1 Å². The molecule has 3 aromatic rings. The van der Waals surface area contributed by atoms with Crippen LogP contribution in [0.15, 0.2) is 91.0 Å². The number of carbonyl (C=O) groups is 4. The molecule has 0 aliphatic carbocycles. The maximum absolute atomic E-state index is 13.2. The molecule has 0 fully saturated rings. The number of rotatable bonds is 16. The SMILES string of the molecule is COC(=O)C(CCCNC(=O)OCc1ccccc1)N(CCCNC(=O)OCc1ccccc1)C(=O)OCc1ccccc1. The first-order valence-corrected chi connectivity index (χ1v) is 14.4. The summed E-state index contributed by atoms with van der Waals surface area (Å²) in [6.07, 6.45) is -1.02. The van der Waals surface area contributed by atoms with Crippen LogP contribution in [0.4, 0.5) is 14.4 Å². The lowest BCUT2D eigenvalue weighted by Gasteiger charge is -2.29. The Morgan fingerprint density at radius 3 is 1.52 bits per heavy atom. The Bertz CT molecular complexity index is 1290. The third-order valence-corrected chi connectivity index (χ3v) is 6.48. The number of esters is 1. The van der Waals surface area contributed by atoms with Gasteiger partial charge in [0.1, 0.15) is 25.9 Å². The molecule has 0 radical (unpaired) electrons. The molecular weight excluding hydrogens is 566 g/mol. The van der Waals surface area contributed by atoms with Crippen LogP contribution in [-0.2, 0) is 43.6 Å². The number of carbonyl (C=O) groups excluding carboxylic acids is 4. The van der Waals surface area contributed by atoms with Crippen molar-refractivity contribution in [2.75, 3.05) is 26.7 Å². The van der Waals surface area contributed by atoms with Crippen LogP contribution in [0.2, 0.25) is 0 Å². The van der Waals surface area contributed by atoms with Crippen LogP contribution < -0.4 is 10.6 Å². The second-order valence-corrected chi connectivity index (χ2v) is 9.75. The average Bonchev–Trinajstić information content (AvgIpc) is 3.07. The van der Waals surface area contributed by atoms with Gasteiger partial charge in [0.25, 0.3) is 0 Å². The van der Waals surface area contributed by atoms with Crippen LogP contribution >= 0.6 is 0 Å². The first-order chi connectivity index (χ1) is 21.5. The fourth-order valence-electron chi connectivity index (χ4n) is 4.19. The molecule has 11 heteroatoms. The Balaban J connectivity index is 1.52. The molecule has 2 N–H and O–H groups in total. The zero-order valence-electron chi connectivity index (χ0n) is 24.8. The Morgan fingerprint density at radius 2 is 1.07 bits per heavy atom. The number of ether oxygens (including phenoxy) is 4. The van der Waals surface area contributed by atoms with E-state index in [1.807, 2.05) is 91.0 Å². The molecule has 0 saturated carbocycles. The highest BCUT2D eigenvalue weighted by molar-refractivity contribution is 5.81. The topological polar surface area (TPSA) is 132 Å². The maximum Gasteiger partial charge on any atom is 0.410 e.